The summed E-state index contributed by atoms with van der Waals surface area (Å²) >= 11 is 0. The molecule has 50 valence electrons. The molecule has 0 aromatic carbocycles. The smallest absolute Gasteiger partial charge is 0.103 e. The van der Waals surface area contributed by atoms with E-state index >= 15 is 0 Å². The molecule has 0 fully saturated rings. The summed E-state index contributed by atoms with van der Waals surface area (Å²) in [6.45, 7) is 5.58. The molecular weight excluding hydrogens is 115 g/mol. The van der Waals surface area contributed by atoms with Crippen LogP contribution in [0.5, 0.6) is 0 Å². The predicted molar refractivity (Wildman–Crippen MR) is 36.7 cm³/mol. The number of halogens is 1. The van der Waals surface area contributed by atoms with Gasteiger partial charge in [0.15, 0.2) is 0 Å². The number of hydrogen-bond donors (Lipinski definition) is 0. The predicted octanol–water partition coefficient (Wildman–Crippen LogP) is 2.83. The van der Waals surface area contributed by atoms with E-state index in [9.17, 15) is 4.39 Å². The van der Waals surface area contributed by atoms with Gasteiger partial charge < -0.3 is 0 Å². The highest BCUT2D eigenvalue weighted by molar-refractivity contribution is 5.25. The van der Waals surface area contributed by atoms with Gasteiger partial charge in [-0.3, -0.25) is 0 Å². The van der Waals surface area contributed by atoms with Gasteiger partial charge in [-0.2, -0.15) is 0 Å². The van der Waals surface area contributed by atoms with Crippen molar-refractivity contribution in [3.8, 4) is 0 Å². The van der Waals surface area contributed by atoms with Gasteiger partial charge in [0.2, 0.25) is 0 Å². The van der Waals surface area contributed by atoms with Crippen LogP contribution in [0.2, 0.25) is 0 Å². The SMILES string of the molecule is C=CC1=C(F)CC(C)C1. The Balaban J connectivity index is 2.69. The monoisotopic (exact) mass is 126 g/mol. The lowest BCUT2D eigenvalue weighted by Crippen LogP contribution is -1.83. The molecule has 0 saturated carbocycles. The van der Waals surface area contributed by atoms with Gasteiger partial charge >= 0.3 is 0 Å². The maximum Gasteiger partial charge on any atom is 0.103 e. The van der Waals surface area contributed by atoms with Crippen LogP contribution in [0.1, 0.15) is 19.8 Å². The molecule has 1 aliphatic carbocycles. The minimum atomic E-state index is 0.0394. The fraction of sp³-hybridized carbons (Fsp3) is 0.500. The van der Waals surface area contributed by atoms with Gasteiger partial charge in [-0.1, -0.05) is 19.6 Å². The third kappa shape index (κ3) is 1.21. The first kappa shape index (κ1) is 6.53. The second kappa shape index (κ2) is 2.34. The lowest BCUT2D eigenvalue weighted by molar-refractivity contribution is 0.540. The van der Waals surface area contributed by atoms with Crippen molar-refractivity contribution in [2.75, 3.05) is 0 Å². The molecule has 0 nitrogen and oxygen atoms in total. The Morgan fingerprint density at radius 1 is 1.67 bits per heavy atom. The third-order valence-electron chi connectivity index (χ3n) is 1.69. The molecule has 1 heteroatoms. The van der Waals surface area contributed by atoms with Crippen LogP contribution in [0.25, 0.3) is 0 Å². The molecule has 1 unspecified atom stereocenters. The van der Waals surface area contributed by atoms with Crippen molar-refractivity contribution in [1.29, 1.82) is 0 Å². The van der Waals surface area contributed by atoms with Gasteiger partial charge in [-0.05, 0) is 17.9 Å². The standard InChI is InChI=1S/C8H11F/c1-3-7-4-6(2)5-8(7)9/h3,6H,1,4-5H2,2H3. The highest BCUT2D eigenvalue weighted by atomic mass is 19.1. The number of allylic oxidation sites excluding steroid dienone is 3. The first-order chi connectivity index (χ1) is 4.24. The van der Waals surface area contributed by atoms with Crippen molar-refractivity contribution >= 4 is 0 Å². The Hall–Kier alpha value is -0.590. The molecule has 0 N–H and O–H groups in total. The van der Waals surface area contributed by atoms with E-state index in [1.165, 1.54) is 0 Å². The highest BCUT2D eigenvalue weighted by Gasteiger charge is 2.17. The van der Waals surface area contributed by atoms with Crippen molar-refractivity contribution in [2.24, 2.45) is 5.92 Å². The molecule has 9 heavy (non-hydrogen) atoms. The second-order valence-electron chi connectivity index (χ2n) is 2.65. The molecule has 0 heterocycles. The van der Waals surface area contributed by atoms with Gasteiger partial charge in [0.25, 0.3) is 0 Å². The molecule has 0 spiro atoms. The minimum absolute atomic E-state index is 0.0394. The molecule has 1 rings (SSSR count). The van der Waals surface area contributed by atoms with Crippen LogP contribution in [0.3, 0.4) is 0 Å². The van der Waals surface area contributed by atoms with Crippen LogP contribution in [-0.2, 0) is 0 Å². The highest BCUT2D eigenvalue weighted by Crippen LogP contribution is 2.31. The summed E-state index contributed by atoms with van der Waals surface area (Å²) < 4.78 is 12.6. The van der Waals surface area contributed by atoms with E-state index in [1.54, 1.807) is 6.08 Å². The van der Waals surface area contributed by atoms with Crippen LogP contribution in [0.4, 0.5) is 4.39 Å². The quantitative estimate of drug-likeness (QED) is 0.506. The van der Waals surface area contributed by atoms with Gasteiger partial charge in [0.05, 0.1) is 0 Å². The van der Waals surface area contributed by atoms with Gasteiger partial charge in [-0.25, -0.2) is 4.39 Å². The molecule has 0 saturated heterocycles. The topological polar surface area (TPSA) is 0 Å². The molecule has 1 atom stereocenters. The Kier molecular flexibility index (Phi) is 1.70. The Morgan fingerprint density at radius 2 is 2.33 bits per heavy atom. The molecule has 0 aliphatic heterocycles. The van der Waals surface area contributed by atoms with E-state index < -0.39 is 0 Å². The molecule has 0 radical (unpaired) electrons. The minimum Gasteiger partial charge on any atom is -0.212 e. The van der Waals surface area contributed by atoms with E-state index in [2.05, 4.69) is 13.5 Å². The lowest BCUT2D eigenvalue weighted by atomic mass is 10.1. The fourth-order valence-corrected chi connectivity index (χ4v) is 1.19. The maximum atomic E-state index is 12.6. The Morgan fingerprint density at radius 3 is 2.56 bits per heavy atom. The molecular formula is C8H11F. The zero-order chi connectivity index (χ0) is 6.85. The van der Waals surface area contributed by atoms with Crippen molar-refractivity contribution in [3.05, 3.63) is 24.1 Å². The van der Waals surface area contributed by atoms with Crippen molar-refractivity contribution in [1.82, 2.24) is 0 Å². The summed E-state index contributed by atoms with van der Waals surface area (Å²) in [5, 5.41) is 0. The summed E-state index contributed by atoms with van der Waals surface area (Å²) in [6.07, 6.45) is 3.11. The van der Waals surface area contributed by atoms with E-state index in [-0.39, 0.29) is 5.83 Å². The normalized spacial score (nSPS) is 27.1. The largest absolute Gasteiger partial charge is 0.212 e. The zero-order valence-electron chi connectivity index (χ0n) is 5.65. The summed E-state index contributed by atoms with van der Waals surface area (Å²) in [4.78, 5) is 0. The second-order valence-corrected chi connectivity index (χ2v) is 2.65. The van der Waals surface area contributed by atoms with Crippen LogP contribution in [0, 0.1) is 5.92 Å². The third-order valence-corrected chi connectivity index (χ3v) is 1.69. The zero-order valence-corrected chi connectivity index (χ0v) is 5.65. The van der Waals surface area contributed by atoms with Crippen LogP contribution in [0.15, 0.2) is 24.1 Å². The summed E-state index contributed by atoms with van der Waals surface area (Å²) in [5.74, 6) is 0.524. The van der Waals surface area contributed by atoms with Crippen LogP contribution in [-0.4, -0.2) is 0 Å². The first-order valence-corrected chi connectivity index (χ1v) is 3.24. The number of rotatable bonds is 1. The average Bonchev–Trinajstić information content (AvgIpc) is 2.10. The summed E-state index contributed by atoms with van der Waals surface area (Å²) in [7, 11) is 0. The van der Waals surface area contributed by atoms with Crippen molar-refractivity contribution in [2.45, 2.75) is 19.8 Å². The Labute approximate surface area is 55.1 Å². The van der Waals surface area contributed by atoms with Gasteiger partial charge in [0, 0.05) is 6.42 Å². The number of hydrogen-bond acceptors (Lipinski definition) is 0. The first-order valence-electron chi connectivity index (χ1n) is 3.24. The fourth-order valence-electron chi connectivity index (χ4n) is 1.19. The van der Waals surface area contributed by atoms with E-state index in [1.807, 2.05) is 0 Å². The molecule has 0 amide bonds. The average molecular weight is 126 g/mol. The maximum absolute atomic E-state index is 12.6. The van der Waals surface area contributed by atoms with Gasteiger partial charge in [0.1, 0.15) is 5.83 Å². The molecule has 0 aromatic heterocycles. The summed E-state index contributed by atoms with van der Waals surface area (Å²) in [6, 6.07) is 0. The van der Waals surface area contributed by atoms with E-state index in [0.29, 0.717) is 12.3 Å². The van der Waals surface area contributed by atoms with Crippen LogP contribution >= 0.6 is 0 Å². The van der Waals surface area contributed by atoms with E-state index in [0.717, 1.165) is 12.0 Å². The lowest BCUT2D eigenvalue weighted by Gasteiger charge is -1.95. The Bertz CT molecular complexity index is 156. The molecule has 0 bridgehead atoms. The van der Waals surface area contributed by atoms with Crippen LogP contribution < -0.4 is 0 Å². The molecule has 0 aromatic rings. The summed E-state index contributed by atoms with van der Waals surface area (Å²) in [5.41, 5.74) is 0.808. The van der Waals surface area contributed by atoms with E-state index in [4.69, 9.17) is 0 Å². The van der Waals surface area contributed by atoms with Gasteiger partial charge in [-0.15, -0.1) is 0 Å². The van der Waals surface area contributed by atoms with Crippen molar-refractivity contribution < 1.29 is 4.39 Å². The van der Waals surface area contributed by atoms with Crippen molar-refractivity contribution in [3.63, 3.8) is 0 Å². The molecule has 1 aliphatic rings.